The summed E-state index contributed by atoms with van der Waals surface area (Å²) < 4.78 is 11.1. The molecule has 2 aliphatic heterocycles. The molecule has 3 aromatic rings. The van der Waals surface area contributed by atoms with E-state index in [1.54, 1.807) is 41.4 Å². The van der Waals surface area contributed by atoms with E-state index in [0.717, 1.165) is 21.9 Å². The van der Waals surface area contributed by atoms with Crippen LogP contribution in [-0.2, 0) is 30.3 Å². The molecule has 2 saturated heterocycles. The summed E-state index contributed by atoms with van der Waals surface area (Å²) in [6.07, 6.45) is 2.17. The molecule has 16 heteroatoms. The van der Waals surface area contributed by atoms with E-state index in [1.165, 1.54) is 17.3 Å². The van der Waals surface area contributed by atoms with Gasteiger partial charge in [-0.25, -0.2) is 9.78 Å². The van der Waals surface area contributed by atoms with Crippen LogP contribution in [0, 0.1) is 0 Å². The number of hydrogen-bond acceptors (Lipinski definition) is 10. The minimum atomic E-state index is -0.791. The number of imidazole rings is 1. The summed E-state index contributed by atoms with van der Waals surface area (Å²) in [5, 5.41) is 2.71. The van der Waals surface area contributed by atoms with Gasteiger partial charge in [-0.15, -0.1) is 11.3 Å². The lowest BCUT2D eigenvalue weighted by Crippen LogP contribution is -2.44. The van der Waals surface area contributed by atoms with Crippen LogP contribution in [0.2, 0.25) is 4.34 Å². The Bertz CT molecular complexity index is 1530. The molecular formula is C30H36ClN7O7S. The predicted molar refractivity (Wildman–Crippen MR) is 172 cm³/mol. The molecule has 246 valence electrons. The van der Waals surface area contributed by atoms with Gasteiger partial charge in [-0.3, -0.25) is 29.0 Å². The zero-order valence-corrected chi connectivity index (χ0v) is 25.7. The number of H-pyrrole nitrogens is 1. The lowest BCUT2D eigenvalue weighted by atomic mass is 10.1. The number of nitrogens with one attached hydrogen (secondary N) is 2. The number of rotatable bonds is 12. The minimum Gasteiger partial charge on any atom is -0.442 e. The Labute approximate surface area is 274 Å². The predicted octanol–water partition coefficient (Wildman–Crippen LogP) is 2.58. The van der Waals surface area contributed by atoms with Crippen LogP contribution < -0.4 is 20.9 Å². The number of nitrogens with two attached hydrogens (primary N) is 1. The van der Waals surface area contributed by atoms with E-state index in [1.807, 2.05) is 0 Å². The average Bonchev–Trinajstić information content (AvgIpc) is 3.79. The van der Waals surface area contributed by atoms with E-state index in [-0.39, 0.29) is 69.6 Å². The van der Waals surface area contributed by atoms with Crippen LogP contribution in [0.5, 0.6) is 0 Å². The Balaban J connectivity index is 0.00000480. The molecule has 2 aliphatic rings. The van der Waals surface area contributed by atoms with Crippen molar-refractivity contribution in [3.05, 3.63) is 63.8 Å². The van der Waals surface area contributed by atoms with Crippen molar-refractivity contribution >= 4 is 64.0 Å². The molecule has 0 saturated carbocycles. The molecule has 5 amide bonds. The summed E-state index contributed by atoms with van der Waals surface area (Å²) in [6, 6.07) is 9.20. The number of amides is 5. The van der Waals surface area contributed by atoms with E-state index >= 15 is 0 Å². The number of carbonyl (C=O) groups excluding carboxylic acids is 5. The van der Waals surface area contributed by atoms with Gasteiger partial charge in [0.2, 0.25) is 11.8 Å². The monoisotopic (exact) mass is 673 g/mol. The number of benzene rings is 1. The van der Waals surface area contributed by atoms with Gasteiger partial charge >= 0.3 is 6.09 Å². The molecule has 46 heavy (non-hydrogen) atoms. The number of ether oxygens (including phenoxy) is 2. The Morgan fingerprint density at radius 1 is 1.15 bits per heavy atom. The van der Waals surface area contributed by atoms with Crippen molar-refractivity contribution in [2.24, 2.45) is 5.73 Å². The molecular weight excluding hydrogens is 638 g/mol. The maximum atomic E-state index is 13.4. The smallest absolute Gasteiger partial charge is 0.414 e. The van der Waals surface area contributed by atoms with Crippen molar-refractivity contribution in [2.45, 2.75) is 38.8 Å². The van der Waals surface area contributed by atoms with E-state index in [2.05, 4.69) is 15.3 Å². The highest BCUT2D eigenvalue weighted by atomic mass is 35.5. The first kappa shape index (κ1) is 34.6. The highest BCUT2D eigenvalue weighted by molar-refractivity contribution is 7.18. The second-order valence-electron chi connectivity index (χ2n) is 10.4. The fourth-order valence-electron chi connectivity index (χ4n) is 4.94. The van der Waals surface area contributed by atoms with Crippen molar-refractivity contribution in [3.8, 4) is 0 Å². The van der Waals surface area contributed by atoms with Crippen LogP contribution >= 0.6 is 22.9 Å². The normalized spacial score (nSPS) is 16.9. The summed E-state index contributed by atoms with van der Waals surface area (Å²) in [5.74, 6) is -1.57. The highest BCUT2D eigenvalue weighted by Crippen LogP contribution is 2.27. The van der Waals surface area contributed by atoms with Gasteiger partial charge in [0.25, 0.3) is 11.8 Å². The molecule has 5 rings (SSSR count). The first-order valence-corrected chi connectivity index (χ1v) is 15.5. The summed E-state index contributed by atoms with van der Waals surface area (Å²) >= 11 is 7.08. The van der Waals surface area contributed by atoms with Crippen molar-refractivity contribution < 1.29 is 33.4 Å². The SMILES string of the molecule is C.N[C@@H](Cc1cnc[nH]1)C(=O)NCCCC(=O)N(C[C@H]1CN(c2ccc(N3CCOCC3=O)cc2)C(=O)O1)C(=O)c1ccc(Cl)s1. The summed E-state index contributed by atoms with van der Waals surface area (Å²) in [7, 11) is 0. The Morgan fingerprint density at radius 3 is 2.54 bits per heavy atom. The van der Waals surface area contributed by atoms with Gasteiger partial charge in [-0.05, 0) is 42.8 Å². The molecule has 4 N–H and O–H groups in total. The number of aromatic nitrogens is 2. The second-order valence-corrected chi connectivity index (χ2v) is 12.1. The molecule has 0 unspecified atom stereocenters. The van der Waals surface area contributed by atoms with Gasteiger partial charge in [0.15, 0.2) is 0 Å². The number of morpholine rings is 1. The summed E-state index contributed by atoms with van der Waals surface area (Å²) in [4.78, 5) is 75.2. The van der Waals surface area contributed by atoms with Crippen LogP contribution in [0.3, 0.4) is 0 Å². The summed E-state index contributed by atoms with van der Waals surface area (Å²) in [5.41, 5.74) is 7.91. The lowest BCUT2D eigenvalue weighted by molar-refractivity contribution is -0.130. The first-order chi connectivity index (χ1) is 21.7. The maximum absolute atomic E-state index is 13.4. The largest absolute Gasteiger partial charge is 0.442 e. The fraction of sp³-hybridized carbons (Fsp3) is 0.400. The molecule has 14 nitrogen and oxygen atoms in total. The second kappa shape index (κ2) is 15.8. The van der Waals surface area contributed by atoms with Gasteiger partial charge in [-0.2, -0.15) is 0 Å². The number of aromatic amines is 1. The van der Waals surface area contributed by atoms with Gasteiger partial charge in [0, 0.05) is 49.2 Å². The molecule has 4 heterocycles. The van der Waals surface area contributed by atoms with Gasteiger partial charge < -0.3 is 30.4 Å². The van der Waals surface area contributed by atoms with Crippen LogP contribution in [0.1, 0.15) is 35.6 Å². The Hall–Kier alpha value is -4.31. The van der Waals surface area contributed by atoms with E-state index in [0.29, 0.717) is 28.9 Å². The van der Waals surface area contributed by atoms with Crippen molar-refractivity contribution in [1.82, 2.24) is 20.2 Å². The number of carbonyl (C=O) groups is 5. The molecule has 0 radical (unpaired) electrons. The maximum Gasteiger partial charge on any atom is 0.414 e. The molecule has 0 spiro atoms. The third-order valence-electron chi connectivity index (χ3n) is 7.25. The molecule has 0 aliphatic carbocycles. The van der Waals surface area contributed by atoms with Crippen LogP contribution in [0.15, 0.2) is 48.9 Å². The average molecular weight is 674 g/mol. The summed E-state index contributed by atoms with van der Waals surface area (Å²) in [6.45, 7) is 0.994. The number of nitrogens with zero attached hydrogens (tertiary/aromatic N) is 4. The number of imide groups is 1. The fourth-order valence-corrected chi connectivity index (χ4v) is 5.93. The third-order valence-corrected chi connectivity index (χ3v) is 8.47. The number of halogens is 1. The van der Waals surface area contributed by atoms with E-state index < -0.39 is 30.1 Å². The van der Waals surface area contributed by atoms with E-state index in [9.17, 15) is 24.0 Å². The number of hydrogen-bond donors (Lipinski definition) is 3. The quantitative estimate of drug-likeness (QED) is 0.244. The molecule has 1 aromatic carbocycles. The van der Waals surface area contributed by atoms with Crippen LogP contribution in [-0.4, -0.2) is 96.1 Å². The third kappa shape index (κ3) is 8.48. The van der Waals surface area contributed by atoms with E-state index in [4.69, 9.17) is 26.8 Å². The van der Waals surface area contributed by atoms with Crippen molar-refractivity contribution in [2.75, 3.05) is 49.2 Å². The molecule has 2 atom stereocenters. The molecule has 2 fully saturated rings. The first-order valence-electron chi connectivity index (χ1n) is 14.3. The van der Waals surface area contributed by atoms with Crippen LogP contribution in [0.25, 0.3) is 0 Å². The lowest BCUT2D eigenvalue weighted by Gasteiger charge is -2.27. The molecule has 2 aromatic heterocycles. The zero-order chi connectivity index (χ0) is 31.9. The zero-order valence-electron chi connectivity index (χ0n) is 24.1. The topological polar surface area (TPSA) is 180 Å². The minimum absolute atomic E-state index is 0. The Kier molecular flexibility index (Phi) is 11.9. The number of cyclic esters (lactones) is 1. The molecule has 0 bridgehead atoms. The van der Waals surface area contributed by atoms with Crippen molar-refractivity contribution in [3.63, 3.8) is 0 Å². The van der Waals surface area contributed by atoms with Gasteiger partial charge in [-0.1, -0.05) is 19.0 Å². The number of anilines is 2. The van der Waals surface area contributed by atoms with Gasteiger partial charge in [0.05, 0.1) is 41.3 Å². The van der Waals surface area contributed by atoms with Crippen LogP contribution in [0.4, 0.5) is 16.2 Å². The van der Waals surface area contributed by atoms with Crippen molar-refractivity contribution in [1.29, 1.82) is 0 Å². The standard InChI is InChI=1S/C29H32ClN7O7S.CH4/c30-24-8-7-23(45-24)28(41)37(25(38)2-1-9-33-27(40)22(31)12-18-13-32-17-34-18)15-21-14-36(29(42)44-21)20-5-3-19(4-6-20)35-10-11-43-16-26(35)39;/h3-8,13,17,21-22H,1-2,9-12,14-16,31H2,(H,32,34)(H,33,40);1H4/t21-,22+;/m1./s1. The highest BCUT2D eigenvalue weighted by Gasteiger charge is 2.36. The Morgan fingerprint density at radius 2 is 1.89 bits per heavy atom. The van der Waals surface area contributed by atoms with Gasteiger partial charge in [0.1, 0.15) is 12.7 Å². The number of thiophene rings is 1.